The van der Waals surface area contributed by atoms with Crippen LogP contribution in [0.4, 0.5) is 5.69 Å². The van der Waals surface area contributed by atoms with Crippen LogP contribution in [-0.2, 0) is 16.2 Å². The molecule has 8 nitrogen and oxygen atoms in total. The summed E-state index contributed by atoms with van der Waals surface area (Å²) >= 11 is 5.92. The van der Waals surface area contributed by atoms with Crippen LogP contribution in [0.1, 0.15) is 25.0 Å². The van der Waals surface area contributed by atoms with Crippen LogP contribution in [0.25, 0.3) is 0 Å². The average molecular weight is 496 g/mol. The topological polar surface area (TPSA) is 98.2 Å². The van der Waals surface area contributed by atoms with E-state index >= 15 is 0 Å². The molecule has 3 aromatic carbocycles. The highest BCUT2D eigenvalue weighted by atomic mass is 35.5. The van der Waals surface area contributed by atoms with Gasteiger partial charge in [0, 0.05) is 10.7 Å². The van der Waals surface area contributed by atoms with Crippen molar-refractivity contribution in [2.24, 2.45) is 5.10 Å². The lowest BCUT2D eigenvalue weighted by Crippen LogP contribution is -2.32. The van der Waals surface area contributed by atoms with Crippen molar-refractivity contribution in [1.29, 1.82) is 0 Å². The molecule has 0 heterocycles. The molecule has 2 N–H and O–H groups in total. The Balaban J connectivity index is 1.56. The Morgan fingerprint density at radius 1 is 0.857 bits per heavy atom. The number of hydrogen-bond donors (Lipinski definition) is 2. The maximum absolute atomic E-state index is 12.1. The molecule has 9 heteroatoms. The van der Waals surface area contributed by atoms with Crippen molar-refractivity contribution < 1.29 is 23.8 Å². The minimum absolute atomic E-state index is 0.351. The van der Waals surface area contributed by atoms with E-state index in [1.165, 1.54) is 6.21 Å². The molecule has 182 valence electrons. The third kappa shape index (κ3) is 8.04. The number of hydrogen-bond acceptors (Lipinski definition) is 6. The first-order valence-corrected chi connectivity index (χ1v) is 11.4. The predicted octanol–water partition coefficient (Wildman–Crippen LogP) is 4.81. The summed E-state index contributed by atoms with van der Waals surface area (Å²) in [6.07, 6.45) is 1.41. The Bertz CT molecular complexity index is 1160. The number of hydrazone groups is 1. The molecule has 0 saturated heterocycles. The van der Waals surface area contributed by atoms with Crippen LogP contribution in [0, 0.1) is 0 Å². The van der Waals surface area contributed by atoms with Gasteiger partial charge in [0.15, 0.2) is 11.5 Å². The first-order valence-electron chi connectivity index (χ1n) is 11.0. The van der Waals surface area contributed by atoms with Gasteiger partial charge in [0.25, 0.3) is 0 Å². The number of nitrogens with zero attached hydrogens (tertiary/aromatic N) is 1. The molecule has 0 aromatic heterocycles. The molecule has 0 unspecified atom stereocenters. The van der Waals surface area contributed by atoms with Crippen LogP contribution in [0.3, 0.4) is 0 Å². The van der Waals surface area contributed by atoms with Crippen LogP contribution in [-0.4, -0.2) is 31.2 Å². The van der Waals surface area contributed by atoms with E-state index in [1.54, 1.807) is 54.6 Å². The minimum Gasteiger partial charge on any atom is -0.494 e. The molecule has 2 amide bonds. The number of rotatable bonds is 10. The van der Waals surface area contributed by atoms with E-state index in [4.69, 9.17) is 25.8 Å². The van der Waals surface area contributed by atoms with Crippen molar-refractivity contribution in [2.75, 3.05) is 18.5 Å². The third-order valence-corrected chi connectivity index (χ3v) is 4.84. The molecule has 0 saturated carbocycles. The summed E-state index contributed by atoms with van der Waals surface area (Å²) < 4.78 is 16.9. The van der Waals surface area contributed by atoms with Crippen LogP contribution in [0.2, 0.25) is 5.02 Å². The largest absolute Gasteiger partial charge is 0.494 e. The van der Waals surface area contributed by atoms with Crippen LogP contribution < -0.4 is 25.0 Å². The molecule has 0 fully saturated rings. The van der Waals surface area contributed by atoms with Crippen molar-refractivity contribution >= 4 is 35.3 Å². The average Bonchev–Trinajstić information content (AvgIpc) is 2.86. The number of halogens is 1. The van der Waals surface area contributed by atoms with E-state index in [-0.39, 0.29) is 0 Å². The monoisotopic (exact) mass is 495 g/mol. The number of amides is 2. The van der Waals surface area contributed by atoms with E-state index in [0.29, 0.717) is 53.3 Å². The van der Waals surface area contributed by atoms with Gasteiger partial charge in [0.1, 0.15) is 12.4 Å². The number of carbonyl (C=O) groups is 2. The van der Waals surface area contributed by atoms with Gasteiger partial charge in [-0.05, 0) is 79.6 Å². The zero-order chi connectivity index (χ0) is 25.0. The molecule has 0 aliphatic rings. The van der Waals surface area contributed by atoms with E-state index < -0.39 is 11.8 Å². The smallest absolute Gasteiger partial charge is 0.329 e. The van der Waals surface area contributed by atoms with Crippen molar-refractivity contribution in [1.82, 2.24) is 5.43 Å². The summed E-state index contributed by atoms with van der Waals surface area (Å²) in [7, 11) is 0. The minimum atomic E-state index is -0.900. The molecule has 0 spiro atoms. The molecular weight excluding hydrogens is 470 g/mol. The second kappa shape index (κ2) is 13.0. The Labute approximate surface area is 208 Å². The van der Waals surface area contributed by atoms with Gasteiger partial charge >= 0.3 is 11.8 Å². The Kier molecular flexibility index (Phi) is 9.50. The molecule has 0 atom stereocenters. The fraction of sp³-hybridized carbons (Fsp3) is 0.192. The van der Waals surface area contributed by atoms with Crippen molar-refractivity contribution in [3.8, 4) is 17.2 Å². The summed E-state index contributed by atoms with van der Waals surface area (Å²) in [6, 6.07) is 19.3. The number of ether oxygens (including phenoxy) is 3. The van der Waals surface area contributed by atoms with Gasteiger partial charge in [0.05, 0.1) is 19.4 Å². The highest BCUT2D eigenvalue weighted by Crippen LogP contribution is 2.29. The van der Waals surface area contributed by atoms with Crippen molar-refractivity contribution in [2.45, 2.75) is 20.5 Å². The number of anilines is 1. The van der Waals surface area contributed by atoms with E-state index in [1.807, 2.05) is 26.0 Å². The van der Waals surface area contributed by atoms with Crippen molar-refractivity contribution in [3.05, 3.63) is 82.9 Å². The van der Waals surface area contributed by atoms with Gasteiger partial charge in [-0.1, -0.05) is 23.7 Å². The molecule has 35 heavy (non-hydrogen) atoms. The highest BCUT2D eigenvalue weighted by Gasteiger charge is 2.13. The normalized spacial score (nSPS) is 10.6. The lowest BCUT2D eigenvalue weighted by Gasteiger charge is -2.12. The number of benzene rings is 3. The molecule has 0 aliphatic carbocycles. The van der Waals surface area contributed by atoms with Gasteiger partial charge in [-0.25, -0.2) is 5.43 Å². The number of carbonyl (C=O) groups excluding carboxylic acids is 2. The zero-order valence-corrected chi connectivity index (χ0v) is 20.2. The fourth-order valence-corrected chi connectivity index (χ4v) is 3.07. The Morgan fingerprint density at radius 2 is 1.57 bits per heavy atom. The van der Waals surface area contributed by atoms with Crippen molar-refractivity contribution in [3.63, 3.8) is 0 Å². The summed E-state index contributed by atoms with van der Waals surface area (Å²) in [5, 5.41) is 7.02. The lowest BCUT2D eigenvalue weighted by molar-refractivity contribution is -0.136. The van der Waals surface area contributed by atoms with E-state index in [9.17, 15) is 9.59 Å². The third-order valence-electron chi connectivity index (χ3n) is 4.58. The van der Waals surface area contributed by atoms with Crippen LogP contribution in [0.5, 0.6) is 17.2 Å². The fourth-order valence-electron chi connectivity index (χ4n) is 2.94. The van der Waals surface area contributed by atoms with Gasteiger partial charge in [0.2, 0.25) is 0 Å². The van der Waals surface area contributed by atoms with E-state index in [2.05, 4.69) is 15.8 Å². The van der Waals surface area contributed by atoms with Gasteiger partial charge in [-0.3, -0.25) is 9.59 Å². The molecule has 0 radical (unpaired) electrons. The maximum atomic E-state index is 12.1. The molecule has 0 aliphatic heterocycles. The molecule has 3 aromatic rings. The van der Waals surface area contributed by atoms with Gasteiger partial charge in [-0.2, -0.15) is 5.10 Å². The summed E-state index contributed by atoms with van der Waals surface area (Å²) in [5.41, 5.74) is 4.30. The maximum Gasteiger partial charge on any atom is 0.329 e. The first kappa shape index (κ1) is 25.6. The number of nitrogens with one attached hydrogen (secondary N) is 2. The zero-order valence-electron chi connectivity index (χ0n) is 19.4. The molecule has 0 bridgehead atoms. The Morgan fingerprint density at radius 3 is 2.26 bits per heavy atom. The molecular formula is C26H26ClN3O5. The highest BCUT2D eigenvalue weighted by molar-refractivity contribution is 6.39. The molecule has 3 rings (SSSR count). The second-order valence-corrected chi connectivity index (χ2v) is 7.60. The van der Waals surface area contributed by atoms with E-state index in [0.717, 1.165) is 5.56 Å². The predicted molar refractivity (Wildman–Crippen MR) is 135 cm³/mol. The standard InChI is InChI=1S/C26H26ClN3O5/c1-3-33-22-12-10-21(11-13-22)29-25(31)26(32)30-28-16-19-7-14-23(24(15-19)34-4-2)35-17-18-5-8-20(27)9-6-18/h5-16H,3-4,17H2,1-2H3,(H,29,31)(H,30,32)/b28-16-. The Hall–Kier alpha value is -4.04. The summed E-state index contributed by atoms with van der Waals surface area (Å²) in [5.74, 6) is 0.0328. The first-order chi connectivity index (χ1) is 17.0. The van der Waals surface area contributed by atoms with Gasteiger partial charge < -0.3 is 19.5 Å². The van der Waals surface area contributed by atoms with Crippen LogP contribution >= 0.6 is 11.6 Å². The summed E-state index contributed by atoms with van der Waals surface area (Å²) in [4.78, 5) is 24.1. The van der Waals surface area contributed by atoms with Gasteiger partial charge in [-0.15, -0.1) is 0 Å². The quantitative estimate of drug-likeness (QED) is 0.239. The SMILES string of the molecule is CCOc1ccc(NC(=O)C(=O)N/N=C\c2ccc(OCc3ccc(Cl)cc3)c(OCC)c2)cc1. The van der Waals surface area contributed by atoms with Crippen LogP contribution in [0.15, 0.2) is 71.8 Å². The lowest BCUT2D eigenvalue weighted by atomic mass is 10.2. The summed E-state index contributed by atoms with van der Waals surface area (Å²) in [6.45, 7) is 5.08. The second-order valence-electron chi connectivity index (χ2n) is 7.16.